The number of methoxy groups -OCH3 is 1. The molecule has 0 saturated heterocycles. The second-order valence-electron chi connectivity index (χ2n) is 3.50. The average molecular weight is 344 g/mol. The molecule has 1 heterocycles. The number of hydrogen-bond donors (Lipinski definition) is 2. The summed E-state index contributed by atoms with van der Waals surface area (Å²) in [5, 5.41) is 15.7. The largest absolute Gasteiger partial charge is 0.496 e. The van der Waals surface area contributed by atoms with E-state index >= 15 is 0 Å². The Morgan fingerprint density at radius 1 is 1.58 bits per heavy atom. The van der Waals surface area contributed by atoms with E-state index in [4.69, 9.17) is 9.84 Å². The zero-order valence-electron chi connectivity index (χ0n) is 9.88. The Balaban J connectivity index is 2.18. The Hall–Kier alpha value is -1.54. The minimum absolute atomic E-state index is 0.0659. The molecular weight excluding hydrogens is 334 g/mol. The van der Waals surface area contributed by atoms with Gasteiger partial charge in [-0.15, -0.1) is 5.10 Å². The molecule has 1 aromatic heterocycles. The van der Waals surface area contributed by atoms with Crippen LogP contribution in [-0.2, 0) is 4.79 Å². The van der Waals surface area contributed by atoms with Crippen molar-refractivity contribution < 1.29 is 14.6 Å². The van der Waals surface area contributed by atoms with Gasteiger partial charge in [0.25, 0.3) is 0 Å². The number of aromatic nitrogens is 3. The first-order chi connectivity index (χ1) is 9.10. The number of carboxylic acid groups (broad SMARTS) is 1. The average Bonchev–Trinajstić information content (AvgIpc) is 2.85. The Bertz CT molecular complexity index is 603. The zero-order valence-corrected chi connectivity index (χ0v) is 12.3. The molecule has 0 aliphatic heterocycles. The third-order valence-corrected chi connectivity index (χ3v) is 3.67. The lowest BCUT2D eigenvalue weighted by molar-refractivity contribution is -0.133. The number of benzene rings is 1. The Kier molecular flexibility index (Phi) is 4.43. The number of nitrogens with one attached hydrogen (secondary N) is 1. The summed E-state index contributed by atoms with van der Waals surface area (Å²) in [7, 11) is 1.59. The maximum atomic E-state index is 10.5. The van der Waals surface area contributed by atoms with Crippen LogP contribution in [0.4, 0.5) is 0 Å². The highest BCUT2D eigenvalue weighted by Crippen LogP contribution is 2.29. The van der Waals surface area contributed by atoms with E-state index in [9.17, 15) is 4.79 Å². The molecule has 0 atom stereocenters. The van der Waals surface area contributed by atoms with Crippen molar-refractivity contribution in [3.8, 4) is 17.1 Å². The van der Waals surface area contributed by atoms with Crippen LogP contribution in [0.5, 0.6) is 5.75 Å². The first kappa shape index (κ1) is 13.9. The Morgan fingerprint density at radius 2 is 2.37 bits per heavy atom. The second kappa shape index (κ2) is 6.07. The number of aromatic amines is 1. The van der Waals surface area contributed by atoms with Crippen molar-refractivity contribution in [3.63, 3.8) is 0 Å². The van der Waals surface area contributed by atoms with Gasteiger partial charge in [0.2, 0.25) is 5.16 Å². The first-order valence-electron chi connectivity index (χ1n) is 5.21. The smallest absolute Gasteiger partial charge is 0.313 e. The van der Waals surface area contributed by atoms with E-state index < -0.39 is 5.97 Å². The molecule has 2 N–H and O–H groups in total. The summed E-state index contributed by atoms with van der Waals surface area (Å²) >= 11 is 4.46. The monoisotopic (exact) mass is 343 g/mol. The number of carbonyl (C=O) groups is 1. The molecule has 0 fully saturated rings. The van der Waals surface area contributed by atoms with Crippen LogP contribution in [-0.4, -0.2) is 39.1 Å². The van der Waals surface area contributed by atoms with Gasteiger partial charge >= 0.3 is 5.97 Å². The van der Waals surface area contributed by atoms with E-state index in [2.05, 4.69) is 31.1 Å². The van der Waals surface area contributed by atoms with Crippen molar-refractivity contribution in [2.75, 3.05) is 12.9 Å². The molecule has 0 unspecified atom stereocenters. The van der Waals surface area contributed by atoms with Crippen LogP contribution in [0, 0.1) is 0 Å². The quantitative estimate of drug-likeness (QED) is 0.810. The van der Waals surface area contributed by atoms with Gasteiger partial charge in [0.05, 0.1) is 17.3 Å². The fourth-order valence-corrected chi connectivity index (χ4v) is 2.44. The van der Waals surface area contributed by atoms with Crippen molar-refractivity contribution in [1.29, 1.82) is 0 Å². The van der Waals surface area contributed by atoms with Crippen LogP contribution in [0.25, 0.3) is 11.4 Å². The number of halogens is 1. The number of aliphatic carboxylic acids is 1. The van der Waals surface area contributed by atoms with Crippen molar-refractivity contribution in [1.82, 2.24) is 15.2 Å². The third-order valence-electron chi connectivity index (χ3n) is 2.21. The summed E-state index contributed by atoms with van der Waals surface area (Å²) in [5.74, 6) is 0.340. The molecule has 19 heavy (non-hydrogen) atoms. The van der Waals surface area contributed by atoms with Crippen molar-refractivity contribution in [2.45, 2.75) is 5.16 Å². The van der Waals surface area contributed by atoms with Crippen LogP contribution >= 0.6 is 27.7 Å². The molecule has 2 rings (SSSR count). The number of thioether (sulfide) groups is 1. The number of rotatable bonds is 5. The SMILES string of the molecule is COc1ccc(-c2nc(SCC(=O)O)n[nH]2)cc1Br. The molecule has 1 aromatic carbocycles. The molecule has 0 aliphatic rings. The van der Waals surface area contributed by atoms with E-state index in [1.165, 1.54) is 0 Å². The second-order valence-corrected chi connectivity index (χ2v) is 5.30. The van der Waals surface area contributed by atoms with Crippen molar-refractivity contribution in [3.05, 3.63) is 22.7 Å². The molecule has 0 spiro atoms. The Morgan fingerprint density at radius 3 is 3.00 bits per heavy atom. The van der Waals surface area contributed by atoms with Crippen LogP contribution < -0.4 is 4.74 Å². The summed E-state index contributed by atoms with van der Waals surface area (Å²) in [4.78, 5) is 14.7. The molecule has 6 nitrogen and oxygen atoms in total. The molecule has 0 amide bonds. The van der Waals surface area contributed by atoms with Gasteiger partial charge in [-0.05, 0) is 34.1 Å². The summed E-state index contributed by atoms with van der Waals surface area (Å²) in [6.45, 7) is 0. The van der Waals surface area contributed by atoms with Gasteiger partial charge in [0.15, 0.2) is 5.82 Å². The lowest BCUT2D eigenvalue weighted by Crippen LogP contribution is -1.97. The summed E-state index contributed by atoms with van der Waals surface area (Å²) in [6.07, 6.45) is 0. The van der Waals surface area contributed by atoms with Crippen LogP contribution in [0.1, 0.15) is 0 Å². The van der Waals surface area contributed by atoms with Gasteiger partial charge in [-0.3, -0.25) is 9.89 Å². The Labute approximate surface area is 121 Å². The van der Waals surface area contributed by atoms with E-state index in [-0.39, 0.29) is 5.75 Å². The highest BCUT2D eigenvalue weighted by Gasteiger charge is 2.09. The van der Waals surface area contributed by atoms with Gasteiger partial charge in [0.1, 0.15) is 5.75 Å². The summed E-state index contributed by atoms with van der Waals surface area (Å²) in [5.41, 5.74) is 0.836. The zero-order chi connectivity index (χ0) is 13.8. The lowest BCUT2D eigenvalue weighted by Gasteiger charge is -2.03. The minimum atomic E-state index is -0.899. The number of hydrogen-bond acceptors (Lipinski definition) is 5. The fraction of sp³-hybridized carbons (Fsp3) is 0.182. The number of nitrogens with zero attached hydrogens (tertiary/aromatic N) is 2. The first-order valence-corrected chi connectivity index (χ1v) is 6.99. The van der Waals surface area contributed by atoms with Gasteiger partial charge in [-0.25, -0.2) is 4.98 Å². The van der Waals surface area contributed by atoms with Gasteiger partial charge in [-0.2, -0.15) is 0 Å². The third kappa shape index (κ3) is 3.48. The van der Waals surface area contributed by atoms with Crippen LogP contribution in [0.3, 0.4) is 0 Å². The number of carboxylic acids is 1. The topological polar surface area (TPSA) is 88.1 Å². The highest BCUT2D eigenvalue weighted by atomic mass is 79.9. The fourth-order valence-electron chi connectivity index (χ4n) is 1.38. The predicted molar refractivity (Wildman–Crippen MR) is 74.4 cm³/mol. The summed E-state index contributed by atoms with van der Waals surface area (Å²) < 4.78 is 5.95. The van der Waals surface area contributed by atoms with E-state index in [0.717, 1.165) is 27.5 Å². The number of H-pyrrole nitrogens is 1. The maximum Gasteiger partial charge on any atom is 0.313 e. The molecule has 0 radical (unpaired) electrons. The number of ether oxygens (including phenoxy) is 1. The molecule has 8 heteroatoms. The molecule has 0 saturated carbocycles. The van der Waals surface area contributed by atoms with Crippen molar-refractivity contribution >= 4 is 33.7 Å². The molecule has 2 aromatic rings. The maximum absolute atomic E-state index is 10.5. The highest BCUT2D eigenvalue weighted by molar-refractivity contribution is 9.10. The normalized spacial score (nSPS) is 10.4. The van der Waals surface area contributed by atoms with Crippen molar-refractivity contribution in [2.24, 2.45) is 0 Å². The molecule has 0 bridgehead atoms. The van der Waals surface area contributed by atoms with E-state index in [1.54, 1.807) is 7.11 Å². The van der Waals surface area contributed by atoms with Gasteiger partial charge < -0.3 is 9.84 Å². The molecule has 100 valence electrons. The minimum Gasteiger partial charge on any atom is -0.496 e. The van der Waals surface area contributed by atoms with E-state index in [1.807, 2.05) is 18.2 Å². The van der Waals surface area contributed by atoms with Crippen LogP contribution in [0.15, 0.2) is 27.8 Å². The standard InChI is InChI=1S/C11H10BrN3O3S/c1-18-8-3-2-6(4-7(8)12)10-13-11(15-14-10)19-5-9(16)17/h2-4H,5H2,1H3,(H,16,17)(H,13,14,15). The summed E-state index contributed by atoms with van der Waals surface area (Å²) in [6, 6.07) is 5.51. The van der Waals surface area contributed by atoms with E-state index in [0.29, 0.717) is 11.0 Å². The van der Waals surface area contributed by atoms with Gasteiger partial charge in [0, 0.05) is 5.56 Å². The lowest BCUT2D eigenvalue weighted by atomic mass is 10.2. The van der Waals surface area contributed by atoms with Gasteiger partial charge in [-0.1, -0.05) is 11.8 Å². The predicted octanol–water partition coefficient (Wildman–Crippen LogP) is 2.42. The van der Waals surface area contributed by atoms with Crippen LogP contribution in [0.2, 0.25) is 0 Å². The molecule has 0 aliphatic carbocycles. The molecular formula is C11H10BrN3O3S.